The van der Waals surface area contributed by atoms with Gasteiger partial charge in [0.15, 0.2) is 17.3 Å². The second kappa shape index (κ2) is 7.15. The van der Waals surface area contributed by atoms with Crippen LogP contribution in [0.2, 0.25) is 0 Å². The predicted octanol–water partition coefficient (Wildman–Crippen LogP) is 2.77. The summed E-state index contributed by atoms with van der Waals surface area (Å²) in [5.41, 5.74) is 9.72. The molecular weight excluding hydrogens is 368 g/mol. The number of piperidine rings is 1. The van der Waals surface area contributed by atoms with Crippen LogP contribution in [0.5, 0.6) is 11.5 Å². The molecular formula is C22H28N4O3. The van der Waals surface area contributed by atoms with Crippen molar-refractivity contribution in [3.05, 3.63) is 29.6 Å². The largest absolute Gasteiger partial charge is 0.454 e. The Morgan fingerprint density at radius 2 is 2.03 bits per heavy atom. The number of aromatic nitrogens is 2. The lowest BCUT2D eigenvalue weighted by Gasteiger charge is -2.42. The molecule has 7 nitrogen and oxygen atoms in total. The van der Waals surface area contributed by atoms with E-state index in [0.29, 0.717) is 28.6 Å². The van der Waals surface area contributed by atoms with Gasteiger partial charge < -0.3 is 25.2 Å². The molecule has 1 spiro atoms. The van der Waals surface area contributed by atoms with Crippen molar-refractivity contribution >= 4 is 5.82 Å². The van der Waals surface area contributed by atoms with E-state index < -0.39 is 0 Å². The van der Waals surface area contributed by atoms with E-state index >= 15 is 0 Å². The van der Waals surface area contributed by atoms with E-state index in [4.69, 9.17) is 25.2 Å². The first kappa shape index (κ1) is 18.6. The summed E-state index contributed by atoms with van der Waals surface area (Å²) < 4.78 is 11.1. The fraction of sp³-hybridized carbons (Fsp3) is 0.545. The van der Waals surface area contributed by atoms with Crippen molar-refractivity contribution in [3.8, 4) is 22.8 Å². The van der Waals surface area contributed by atoms with Crippen LogP contribution in [-0.2, 0) is 6.61 Å². The molecule has 2 aromatic rings. The molecule has 1 aliphatic carbocycles. The van der Waals surface area contributed by atoms with Crippen LogP contribution in [-0.4, -0.2) is 41.0 Å². The van der Waals surface area contributed by atoms with Gasteiger partial charge in [0, 0.05) is 24.7 Å². The van der Waals surface area contributed by atoms with Crippen LogP contribution in [0.4, 0.5) is 5.82 Å². The number of para-hydroxylation sites is 1. The maximum Gasteiger partial charge on any atom is 0.231 e. The van der Waals surface area contributed by atoms with Crippen molar-refractivity contribution in [1.82, 2.24) is 9.97 Å². The first-order valence-electron chi connectivity index (χ1n) is 10.5. The highest BCUT2D eigenvalue weighted by Crippen LogP contribution is 2.46. The highest BCUT2D eigenvalue weighted by molar-refractivity contribution is 5.74. The fourth-order valence-electron chi connectivity index (χ4n) is 5.22. The SMILES string of the molecule is Cc1nc(N2CCC3(CCC[C@H]3N)CC2)c(CO)nc1-c1cccc2c1OCO2. The summed E-state index contributed by atoms with van der Waals surface area (Å²) in [6, 6.07) is 6.08. The third-order valence-electron chi connectivity index (χ3n) is 6.96. The molecule has 3 N–H and O–H groups in total. The van der Waals surface area contributed by atoms with Gasteiger partial charge in [-0.3, -0.25) is 0 Å². The number of hydrogen-bond donors (Lipinski definition) is 2. The highest BCUT2D eigenvalue weighted by atomic mass is 16.7. The lowest BCUT2D eigenvalue weighted by Crippen LogP contribution is -2.47. The number of aliphatic hydroxyl groups excluding tert-OH is 1. The molecule has 7 heteroatoms. The number of ether oxygens (including phenoxy) is 2. The summed E-state index contributed by atoms with van der Waals surface area (Å²) in [5.74, 6) is 2.20. The van der Waals surface area contributed by atoms with Gasteiger partial charge in [0.25, 0.3) is 0 Å². The normalized spacial score (nSPS) is 22.4. The number of anilines is 1. The minimum atomic E-state index is -0.150. The Labute approximate surface area is 170 Å². The Bertz CT molecular complexity index is 925. The van der Waals surface area contributed by atoms with Gasteiger partial charge in [-0.05, 0) is 50.2 Å². The third kappa shape index (κ3) is 3.04. The molecule has 0 amide bonds. The Morgan fingerprint density at radius 3 is 2.76 bits per heavy atom. The fourth-order valence-corrected chi connectivity index (χ4v) is 5.22. The van der Waals surface area contributed by atoms with Crippen molar-refractivity contribution in [1.29, 1.82) is 0 Å². The van der Waals surface area contributed by atoms with Gasteiger partial charge in [0.1, 0.15) is 5.69 Å². The van der Waals surface area contributed by atoms with E-state index in [1.54, 1.807) is 0 Å². The molecule has 1 atom stereocenters. The predicted molar refractivity (Wildman–Crippen MR) is 110 cm³/mol. The van der Waals surface area contributed by atoms with Crippen LogP contribution >= 0.6 is 0 Å². The van der Waals surface area contributed by atoms with E-state index in [2.05, 4.69) is 4.90 Å². The minimum absolute atomic E-state index is 0.150. The zero-order valence-corrected chi connectivity index (χ0v) is 16.9. The number of nitrogens with two attached hydrogens (primary N) is 1. The summed E-state index contributed by atoms with van der Waals surface area (Å²) in [7, 11) is 0. The molecule has 0 unspecified atom stereocenters. The Hall–Kier alpha value is -2.38. The number of hydrogen-bond acceptors (Lipinski definition) is 7. The monoisotopic (exact) mass is 396 g/mol. The smallest absolute Gasteiger partial charge is 0.231 e. The summed E-state index contributed by atoms with van der Waals surface area (Å²) in [5, 5.41) is 10.0. The molecule has 5 rings (SSSR count). The molecule has 2 aliphatic heterocycles. The van der Waals surface area contributed by atoms with Gasteiger partial charge in [0.05, 0.1) is 18.0 Å². The zero-order chi connectivity index (χ0) is 20.0. The number of benzene rings is 1. The molecule has 1 saturated heterocycles. The lowest BCUT2D eigenvalue weighted by atomic mass is 9.74. The van der Waals surface area contributed by atoms with Crippen LogP contribution in [0, 0.1) is 12.3 Å². The standard InChI is InChI=1S/C22H28N4O3/c1-14-19(15-4-2-5-17-20(15)29-13-28-17)25-16(12-27)21(24-14)26-10-8-22(9-11-26)7-3-6-18(22)23/h2,4-5,18,27H,3,6-13,23H2,1H3/t18-/m1/s1. The van der Waals surface area contributed by atoms with E-state index in [0.717, 1.165) is 55.1 Å². The molecule has 29 heavy (non-hydrogen) atoms. The third-order valence-corrected chi connectivity index (χ3v) is 6.96. The first-order valence-corrected chi connectivity index (χ1v) is 10.5. The topological polar surface area (TPSA) is 93.7 Å². The number of nitrogens with zero attached hydrogens (tertiary/aromatic N) is 3. The van der Waals surface area contributed by atoms with E-state index in [1.165, 1.54) is 12.8 Å². The van der Waals surface area contributed by atoms with Crippen LogP contribution < -0.4 is 20.1 Å². The summed E-state index contributed by atoms with van der Waals surface area (Å²) in [4.78, 5) is 11.9. The molecule has 0 radical (unpaired) electrons. The first-order chi connectivity index (χ1) is 14.1. The molecule has 3 heterocycles. The van der Waals surface area contributed by atoms with E-state index in [-0.39, 0.29) is 13.4 Å². The van der Waals surface area contributed by atoms with Crippen molar-refractivity contribution in [3.63, 3.8) is 0 Å². The van der Waals surface area contributed by atoms with Crippen LogP contribution in [0.25, 0.3) is 11.3 Å². The average molecular weight is 396 g/mol. The second-order valence-corrected chi connectivity index (χ2v) is 8.47. The van der Waals surface area contributed by atoms with E-state index in [9.17, 15) is 5.11 Å². The molecule has 154 valence electrons. The number of aliphatic hydroxyl groups is 1. The molecule has 3 aliphatic rings. The van der Waals surface area contributed by atoms with Gasteiger partial charge >= 0.3 is 0 Å². The molecule has 1 aromatic carbocycles. The summed E-state index contributed by atoms with van der Waals surface area (Å²) in [6.07, 6.45) is 5.78. The van der Waals surface area contributed by atoms with Gasteiger partial charge in [-0.15, -0.1) is 0 Å². The summed E-state index contributed by atoms with van der Waals surface area (Å²) >= 11 is 0. The minimum Gasteiger partial charge on any atom is -0.454 e. The lowest BCUT2D eigenvalue weighted by molar-refractivity contribution is 0.174. The number of aryl methyl sites for hydroxylation is 1. The Kier molecular flexibility index (Phi) is 4.59. The van der Waals surface area contributed by atoms with E-state index in [1.807, 2.05) is 25.1 Å². The Morgan fingerprint density at radius 1 is 1.21 bits per heavy atom. The van der Waals surface area contributed by atoms with Crippen molar-refractivity contribution in [2.45, 2.75) is 51.7 Å². The van der Waals surface area contributed by atoms with Gasteiger partial charge in [-0.2, -0.15) is 0 Å². The number of rotatable bonds is 3. The van der Waals surface area contributed by atoms with Crippen molar-refractivity contribution in [2.24, 2.45) is 11.1 Å². The maximum absolute atomic E-state index is 10.0. The highest BCUT2D eigenvalue weighted by Gasteiger charge is 2.43. The average Bonchev–Trinajstić information content (AvgIpc) is 3.36. The molecule has 2 fully saturated rings. The summed E-state index contributed by atoms with van der Waals surface area (Å²) in [6.45, 7) is 3.84. The van der Waals surface area contributed by atoms with Gasteiger partial charge in [0.2, 0.25) is 6.79 Å². The molecule has 1 aromatic heterocycles. The molecule has 1 saturated carbocycles. The Balaban J connectivity index is 1.46. The maximum atomic E-state index is 10.0. The quantitative estimate of drug-likeness (QED) is 0.824. The molecule has 0 bridgehead atoms. The van der Waals surface area contributed by atoms with Gasteiger partial charge in [-0.1, -0.05) is 12.5 Å². The van der Waals surface area contributed by atoms with Gasteiger partial charge in [-0.25, -0.2) is 9.97 Å². The van der Waals surface area contributed by atoms with Crippen LogP contribution in [0.3, 0.4) is 0 Å². The number of fused-ring (bicyclic) bond motifs is 1. The van der Waals surface area contributed by atoms with Crippen LogP contribution in [0.15, 0.2) is 18.2 Å². The zero-order valence-electron chi connectivity index (χ0n) is 16.9. The van der Waals surface area contributed by atoms with Crippen molar-refractivity contribution in [2.75, 3.05) is 24.8 Å². The van der Waals surface area contributed by atoms with Crippen LogP contribution in [0.1, 0.15) is 43.5 Å². The van der Waals surface area contributed by atoms with Crippen molar-refractivity contribution < 1.29 is 14.6 Å². The second-order valence-electron chi connectivity index (χ2n) is 8.47.